The fraction of sp³-hybridized carbons (Fsp3) is 0.857. The second kappa shape index (κ2) is 6.47. The number of nitriles is 1. The number of aliphatic hydroxyl groups is 1. The van der Waals surface area contributed by atoms with E-state index in [9.17, 15) is 0 Å². The Morgan fingerprint density at radius 1 is 1.64 bits per heavy atom. The van der Waals surface area contributed by atoms with Crippen molar-refractivity contribution in [3.8, 4) is 5.40 Å². The number of thioether (sulfide) groups is 1. The maximum absolute atomic E-state index is 9.13. The van der Waals surface area contributed by atoms with Gasteiger partial charge < -0.3 is 9.84 Å². The molecule has 0 aromatic heterocycles. The van der Waals surface area contributed by atoms with Gasteiger partial charge in [-0.25, -0.2) is 0 Å². The standard InChI is InChI=1S/C7H13NO2S/c1-6(2)10-3-7(9)4-11-5-8/h6-7,9H,3-4H2,1-2H3. The minimum absolute atomic E-state index is 0.136. The minimum atomic E-state index is -0.526. The van der Waals surface area contributed by atoms with Crippen LogP contribution >= 0.6 is 11.8 Å². The van der Waals surface area contributed by atoms with E-state index in [1.54, 1.807) is 0 Å². The van der Waals surface area contributed by atoms with Gasteiger partial charge in [0.15, 0.2) is 0 Å². The molecule has 64 valence electrons. The first kappa shape index (κ1) is 10.8. The fourth-order valence-corrected chi connectivity index (χ4v) is 0.848. The van der Waals surface area contributed by atoms with Crippen LogP contribution in [-0.4, -0.2) is 29.7 Å². The maximum atomic E-state index is 9.13. The molecule has 3 nitrogen and oxygen atoms in total. The third-order valence-electron chi connectivity index (χ3n) is 0.962. The highest BCUT2D eigenvalue weighted by Crippen LogP contribution is 2.01. The summed E-state index contributed by atoms with van der Waals surface area (Å²) in [6.07, 6.45) is -0.390. The average molecular weight is 175 g/mol. The Morgan fingerprint density at radius 3 is 2.73 bits per heavy atom. The maximum Gasteiger partial charge on any atom is 0.133 e. The molecule has 0 saturated carbocycles. The Kier molecular flexibility index (Phi) is 6.33. The van der Waals surface area contributed by atoms with E-state index < -0.39 is 6.10 Å². The summed E-state index contributed by atoms with van der Waals surface area (Å²) < 4.78 is 5.13. The van der Waals surface area contributed by atoms with Crippen molar-refractivity contribution < 1.29 is 9.84 Å². The lowest BCUT2D eigenvalue weighted by Gasteiger charge is -2.10. The van der Waals surface area contributed by atoms with Gasteiger partial charge in [-0.15, -0.1) is 0 Å². The van der Waals surface area contributed by atoms with Crippen LogP contribution < -0.4 is 0 Å². The summed E-state index contributed by atoms with van der Waals surface area (Å²) in [5.41, 5.74) is 0. The highest BCUT2D eigenvalue weighted by molar-refractivity contribution is 8.03. The first-order valence-electron chi connectivity index (χ1n) is 3.47. The van der Waals surface area contributed by atoms with Crippen LogP contribution in [0.4, 0.5) is 0 Å². The van der Waals surface area contributed by atoms with Gasteiger partial charge in [-0.1, -0.05) is 0 Å². The van der Waals surface area contributed by atoms with E-state index in [1.807, 2.05) is 19.2 Å². The molecular weight excluding hydrogens is 162 g/mol. The Morgan fingerprint density at radius 2 is 2.27 bits per heavy atom. The molecule has 0 fully saturated rings. The zero-order chi connectivity index (χ0) is 8.69. The van der Waals surface area contributed by atoms with Gasteiger partial charge in [0.05, 0.1) is 18.8 Å². The molecule has 0 heterocycles. The molecular formula is C7H13NO2S. The number of hydrogen-bond acceptors (Lipinski definition) is 4. The predicted octanol–water partition coefficient (Wildman–Crippen LogP) is 0.987. The Hall–Kier alpha value is -0.240. The summed E-state index contributed by atoms with van der Waals surface area (Å²) in [6, 6.07) is 0. The normalized spacial score (nSPS) is 13.0. The van der Waals surface area contributed by atoms with Crippen LogP contribution in [0.2, 0.25) is 0 Å². The van der Waals surface area contributed by atoms with Crippen molar-refractivity contribution in [2.24, 2.45) is 0 Å². The van der Waals surface area contributed by atoms with E-state index in [0.29, 0.717) is 12.4 Å². The molecule has 0 rings (SSSR count). The smallest absolute Gasteiger partial charge is 0.133 e. The number of thiocyanates is 1. The van der Waals surface area contributed by atoms with Crippen molar-refractivity contribution in [2.45, 2.75) is 26.1 Å². The number of rotatable bonds is 5. The van der Waals surface area contributed by atoms with Crippen LogP contribution in [0.3, 0.4) is 0 Å². The van der Waals surface area contributed by atoms with Gasteiger partial charge in [0.1, 0.15) is 5.40 Å². The van der Waals surface area contributed by atoms with Crippen molar-refractivity contribution in [3.63, 3.8) is 0 Å². The summed E-state index contributed by atoms with van der Waals surface area (Å²) in [6.45, 7) is 4.13. The lowest BCUT2D eigenvalue weighted by Crippen LogP contribution is -2.20. The Bertz CT molecular complexity index is 133. The number of ether oxygens (including phenoxy) is 1. The SMILES string of the molecule is CC(C)OCC(O)CSC#N. The van der Waals surface area contributed by atoms with Crippen LogP contribution in [0, 0.1) is 10.7 Å². The summed E-state index contributed by atoms with van der Waals surface area (Å²) in [5.74, 6) is 0.420. The molecule has 0 bridgehead atoms. The average Bonchev–Trinajstić information content (AvgIpc) is 1.97. The third-order valence-corrected chi connectivity index (χ3v) is 1.64. The molecule has 1 atom stereocenters. The second-order valence-electron chi connectivity index (χ2n) is 2.44. The second-order valence-corrected chi connectivity index (χ2v) is 3.24. The minimum Gasteiger partial charge on any atom is -0.390 e. The van der Waals surface area contributed by atoms with Gasteiger partial charge in [-0.3, -0.25) is 0 Å². The van der Waals surface area contributed by atoms with E-state index in [1.165, 1.54) is 0 Å². The van der Waals surface area contributed by atoms with Crippen LogP contribution in [0.25, 0.3) is 0 Å². The van der Waals surface area contributed by atoms with E-state index in [-0.39, 0.29) is 6.10 Å². The molecule has 0 amide bonds. The number of hydrogen-bond donors (Lipinski definition) is 1. The lowest BCUT2D eigenvalue weighted by atomic mass is 10.4. The van der Waals surface area contributed by atoms with E-state index in [4.69, 9.17) is 15.1 Å². The molecule has 1 N–H and O–H groups in total. The number of nitrogens with zero attached hydrogens (tertiary/aromatic N) is 1. The fourth-order valence-electron chi connectivity index (χ4n) is 0.485. The molecule has 0 aliphatic carbocycles. The quantitative estimate of drug-likeness (QED) is 0.633. The first-order chi connectivity index (χ1) is 5.16. The topological polar surface area (TPSA) is 53.2 Å². The number of aliphatic hydroxyl groups excluding tert-OH is 1. The molecule has 0 saturated heterocycles. The van der Waals surface area contributed by atoms with Crippen molar-refractivity contribution in [1.29, 1.82) is 5.26 Å². The van der Waals surface area contributed by atoms with Crippen LogP contribution in [0.5, 0.6) is 0 Å². The van der Waals surface area contributed by atoms with Gasteiger partial charge in [-0.2, -0.15) is 5.26 Å². The van der Waals surface area contributed by atoms with Gasteiger partial charge in [-0.05, 0) is 25.6 Å². The highest BCUT2D eigenvalue weighted by Gasteiger charge is 2.04. The van der Waals surface area contributed by atoms with Gasteiger partial charge >= 0.3 is 0 Å². The zero-order valence-corrected chi connectivity index (χ0v) is 7.60. The highest BCUT2D eigenvalue weighted by atomic mass is 32.2. The van der Waals surface area contributed by atoms with Crippen molar-refractivity contribution in [3.05, 3.63) is 0 Å². The van der Waals surface area contributed by atoms with E-state index in [0.717, 1.165) is 11.8 Å². The van der Waals surface area contributed by atoms with Crippen molar-refractivity contribution >= 4 is 11.8 Å². The molecule has 1 unspecified atom stereocenters. The van der Waals surface area contributed by atoms with Crippen LogP contribution in [0.1, 0.15) is 13.8 Å². The van der Waals surface area contributed by atoms with Crippen molar-refractivity contribution in [2.75, 3.05) is 12.4 Å². The van der Waals surface area contributed by atoms with Gasteiger partial charge in [0.25, 0.3) is 0 Å². The van der Waals surface area contributed by atoms with E-state index >= 15 is 0 Å². The molecule has 0 aliphatic heterocycles. The van der Waals surface area contributed by atoms with Gasteiger partial charge in [0.2, 0.25) is 0 Å². The molecule has 11 heavy (non-hydrogen) atoms. The molecule has 0 radical (unpaired) electrons. The molecule has 0 aromatic rings. The zero-order valence-electron chi connectivity index (χ0n) is 6.78. The van der Waals surface area contributed by atoms with Gasteiger partial charge in [0, 0.05) is 5.75 Å². The third kappa shape index (κ3) is 7.66. The summed E-state index contributed by atoms with van der Waals surface area (Å²) in [4.78, 5) is 0. The summed E-state index contributed by atoms with van der Waals surface area (Å²) in [5, 5.41) is 19.2. The Labute approximate surface area is 71.4 Å². The molecule has 0 aliphatic rings. The van der Waals surface area contributed by atoms with E-state index in [2.05, 4.69) is 0 Å². The summed E-state index contributed by atoms with van der Waals surface area (Å²) >= 11 is 1.04. The Balaban J connectivity index is 3.23. The van der Waals surface area contributed by atoms with Crippen molar-refractivity contribution in [1.82, 2.24) is 0 Å². The summed E-state index contributed by atoms with van der Waals surface area (Å²) in [7, 11) is 0. The van der Waals surface area contributed by atoms with Crippen LogP contribution in [-0.2, 0) is 4.74 Å². The lowest BCUT2D eigenvalue weighted by molar-refractivity contribution is 0.0153. The monoisotopic (exact) mass is 175 g/mol. The molecule has 0 spiro atoms. The predicted molar refractivity (Wildman–Crippen MR) is 45.2 cm³/mol. The van der Waals surface area contributed by atoms with Crippen LogP contribution in [0.15, 0.2) is 0 Å². The first-order valence-corrected chi connectivity index (χ1v) is 4.46. The molecule has 0 aromatic carbocycles. The molecule has 4 heteroatoms. The largest absolute Gasteiger partial charge is 0.390 e.